The van der Waals surface area contributed by atoms with E-state index in [0.717, 1.165) is 5.17 Å². The van der Waals surface area contributed by atoms with Crippen molar-refractivity contribution in [2.45, 2.75) is 0 Å². The van der Waals surface area contributed by atoms with E-state index in [2.05, 4.69) is 4.99 Å². The van der Waals surface area contributed by atoms with Gasteiger partial charge in [0.1, 0.15) is 0 Å². The van der Waals surface area contributed by atoms with Crippen LogP contribution in [0.2, 0.25) is 0 Å². The second kappa shape index (κ2) is 5.50. The second-order valence-electron chi connectivity index (χ2n) is 3.27. The molecule has 0 fully saturated rings. The normalized spacial score (nSPS) is 11.3. The Morgan fingerprint density at radius 2 is 1.94 bits per heavy atom. The van der Waals surface area contributed by atoms with Crippen molar-refractivity contribution in [2.75, 3.05) is 20.4 Å². The Bertz CT molecular complexity index is 401. The zero-order valence-electron chi connectivity index (χ0n) is 9.38. The van der Waals surface area contributed by atoms with Gasteiger partial charge in [-0.05, 0) is 18.4 Å². The average Bonchev–Trinajstić information content (AvgIpc) is 2.26. The van der Waals surface area contributed by atoms with Gasteiger partial charge in [-0.25, -0.2) is 4.99 Å². The Hall–Kier alpha value is -1.56. The number of rotatable bonds is 2. The molecule has 0 spiro atoms. The van der Waals surface area contributed by atoms with E-state index in [4.69, 9.17) is 0 Å². The number of aliphatic imine (C=N–C) groups is 1. The third kappa shape index (κ3) is 3.23. The van der Waals surface area contributed by atoms with Gasteiger partial charge >= 0.3 is 0 Å². The van der Waals surface area contributed by atoms with Crippen molar-refractivity contribution in [3.63, 3.8) is 0 Å². The standard InChI is InChI=1S/C10H13N3O2S/c1-12(2)10(16-3)11-8-4-6-9(7-5-8)13(14)15/h4-7H,1-3H3. The van der Waals surface area contributed by atoms with Gasteiger partial charge in [0, 0.05) is 26.2 Å². The largest absolute Gasteiger partial charge is 0.357 e. The highest BCUT2D eigenvalue weighted by molar-refractivity contribution is 8.13. The first-order valence-electron chi connectivity index (χ1n) is 4.59. The molecule has 1 aromatic rings. The summed E-state index contributed by atoms with van der Waals surface area (Å²) in [6.45, 7) is 0. The first-order valence-corrected chi connectivity index (χ1v) is 5.81. The summed E-state index contributed by atoms with van der Waals surface area (Å²) in [4.78, 5) is 16.3. The van der Waals surface area contributed by atoms with Crippen molar-refractivity contribution in [3.05, 3.63) is 34.4 Å². The summed E-state index contributed by atoms with van der Waals surface area (Å²) in [5.74, 6) is 0. The van der Waals surface area contributed by atoms with Crippen LogP contribution in [0.3, 0.4) is 0 Å². The van der Waals surface area contributed by atoms with Gasteiger partial charge in [-0.2, -0.15) is 0 Å². The van der Waals surface area contributed by atoms with Crippen LogP contribution in [0, 0.1) is 10.1 Å². The average molecular weight is 239 g/mol. The van der Waals surface area contributed by atoms with Gasteiger partial charge in [-0.1, -0.05) is 11.8 Å². The van der Waals surface area contributed by atoms with Crippen LogP contribution in [-0.2, 0) is 0 Å². The molecule has 16 heavy (non-hydrogen) atoms. The van der Waals surface area contributed by atoms with Crippen LogP contribution in [0.5, 0.6) is 0 Å². The molecule has 0 heterocycles. The van der Waals surface area contributed by atoms with Gasteiger partial charge in [0.05, 0.1) is 10.6 Å². The summed E-state index contributed by atoms with van der Waals surface area (Å²) in [7, 11) is 3.81. The molecule has 0 aromatic heterocycles. The molecule has 1 rings (SSSR count). The monoisotopic (exact) mass is 239 g/mol. The third-order valence-electron chi connectivity index (χ3n) is 1.85. The van der Waals surface area contributed by atoms with Crippen LogP contribution in [0.4, 0.5) is 11.4 Å². The fraction of sp³-hybridized carbons (Fsp3) is 0.300. The molecule has 0 saturated carbocycles. The molecule has 0 aliphatic rings. The van der Waals surface area contributed by atoms with E-state index in [1.54, 1.807) is 12.1 Å². The number of nitro groups is 1. The summed E-state index contributed by atoms with van der Waals surface area (Å²) in [5.41, 5.74) is 0.790. The molecule has 0 radical (unpaired) electrons. The number of hydrogen-bond donors (Lipinski definition) is 0. The molecule has 86 valence electrons. The second-order valence-corrected chi connectivity index (χ2v) is 4.04. The van der Waals surface area contributed by atoms with Crippen molar-refractivity contribution >= 4 is 28.3 Å². The predicted octanol–water partition coefficient (Wildman–Crippen LogP) is 2.51. The Kier molecular flexibility index (Phi) is 4.30. The van der Waals surface area contributed by atoms with Crippen molar-refractivity contribution in [2.24, 2.45) is 4.99 Å². The Morgan fingerprint density at radius 3 is 2.31 bits per heavy atom. The van der Waals surface area contributed by atoms with E-state index < -0.39 is 4.92 Å². The first kappa shape index (κ1) is 12.5. The van der Waals surface area contributed by atoms with Gasteiger partial charge < -0.3 is 4.90 Å². The lowest BCUT2D eigenvalue weighted by molar-refractivity contribution is -0.384. The minimum Gasteiger partial charge on any atom is -0.357 e. The lowest BCUT2D eigenvalue weighted by Crippen LogP contribution is -2.17. The van der Waals surface area contributed by atoms with Crippen LogP contribution >= 0.6 is 11.8 Å². The molecule has 0 aliphatic carbocycles. The van der Waals surface area contributed by atoms with Crippen molar-refractivity contribution < 1.29 is 4.92 Å². The van der Waals surface area contributed by atoms with Crippen LogP contribution in [0.25, 0.3) is 0 Å². The fourth-order valence-electron chi connectivity index (χ4n) is 1.09. The number of hydrogen-bond acceptors (Lipinski definition) is 4. The maximum atomic E-state index is 10.5. The highest BCUT2D eigenvalue weighted by Crippen LogP contribution is 2.19. The maximum Gasteiger partial charge on any atom is 0.269 e. The van der Waals surface area contributed by atoms with Crippen LogP contribution in [0.15, 0.2) is 29.3 Å². The number of nitro benzene ring substituents is 1. The number of nitrogens with zero attached hydrogens (tertiary/aromatic N) is 3. The number of non-ortho nitro benzene ring substituents is 1. The Balaban J connectivity index is 2.94. The minimum atomic E-state index is -0.422. The Labute approximate surface area is 98.3 Å². The summed E-state index contributed by atoms with van der Waals surface area (Å²) < 4.78 is 0. The van der Waals surface area contributed by atoms with E-state index in [-0.39, 0.29) is 5.69 Å². The van der Waals surface area contributed by atoms with E-state index in [9.17, 15) is 10.1 Å². The van der Waals surface area contributed by atoms with E-state index >= 15 is 0 Å². The van der Waals surface area contributed by atoms with Crippen LogP contribution in [-0.4, -0.2) is 35.3 Å². The van der Waals surface area contributed by atoms with E-state index in [0.29, 0.717) is 5.69 Å². The van der Waals surface area contributed by atoms with Crippen LogP contribution in [0.1, 0.15) is 0 Å². The fourth-order valence-corrected chi connectivity index (χ4v) is 1.65. The number of benzene rings is 1. The van der Waals surface area contributed by atoms with Crippen LogP contribution < -0.4 is 0 Å². The van der Waals surface area contributed by atoms with Gasteiger partial charge in [-0.15, -0.1) is 0 Å². The zero-order chi connectivity index (χ0) is 12.1. The molecule has 0 saturated heterocycles. The van der Waals surface area contributed by atoms with Crippen molar-refractivity contribution in [1.29, 1.82) is 0 Å². The molecular weight excluding hydrogens is 226 g/mol. The summed E-state index contributed by atoms with van der Waals surface area (Å²) in [5, 5.41) is 11.3. The summed E-state index contributed by atoms with van der Waals surface area (Å²) in [6, 6.07) is 6.18. The van der Waals surface area contributed by atoms with Gasteiger partial charge in [-0.3, -0.25) is 10.1 Å². The predicted molar refractivity (Wildman–Crippen MR) is 67.4 cm³/mol. The maximum absolute atomic E-state index is 10.5. The smallest absolute Gasteiger partial charge is 0.269 e. The molecule has 0 aliphatic heterocycles. The third-order valence-corrected chi connectivity index (χ3v) is 2.67. The molecule has 0 unspecified atom stereocenters. The molecule has 5 nitrogen and oxygen atoms in total. The molecule has 1 aromatic carbocycles. The van der Waals surface area contributed by atoms with Gasteiger partial charge in [0.2, 0.25) is 0 Å². The summed E-state index contributed by atoms with van der Waals surface area (Å²) in [6.07, 6.45) is 1.93. The summed E-state index contributed by atoms with van der Waals surface area (Å²) >= 11 is 1.53. The molecular formula is C10H13N3O2S. The molecule has 0 bridgehead atoms. The molecule has 0 amide bonds. The van der Waals surface area contributed by atoms with Crippen molar-refractivity contribution in [3.8, 4) is 0 Å². The lowest BCUT2D eigenvalue weighted by Gasteiger charge is -2.12. The van der Waals surface area contributed by atoms with E-state index in [1.807, 2.05) is 25.3 Å². The first-order chi connectivity index (χ1) is 7.54. The topological polar surface area (TPSA) is 58.7 Å². The minimum absolute atomic E-state index is 0.0782. The zero-order valence-corrected chi connectivity index (χ0v) is 10.2. The SMILES string of the molecule is CSC(=Nc1ccc([N+](=O)[O-])cc1)N(C)C. The van der Waals surface area contributed by atoms with Crippen molar-refractivity contribution in [1.82, 2.24) is 4.90 Å². The highest BCUT2D eigenvalue weighted by Gasteiger charge is 2.04. The number of amidine groups is 1. The van der Waals surface area contributed by atoms with Gasteiger partial charge in [0.15, 0.2) is 5.17 Å². The molecule has 0 atom stereocenters. The quantitative estimate of drug-likeness (QED) is 0.344. The highest BCUT2D eigenvalue weighted by atomic mass is 32.2. The lowest BCUT2D eigenvalue weighted by atomic mass is 10.3. The molecule has 0 N–H and O–H groups in total. The number of thioether (sulfide) groups is 1. The van der Waals surface area contributed by atoms with E-state index in [1.165, 1.54) is 23.9 Å². The van der Waals surface area contributed by atoms with Gasteiger partial charge in [0.25, 0.3) is 5.69 Å². The molecule has 6 heteroatoms. The Morgan fingerprint density at radius 1 is 1.38 bits per heavy atom.